The first-order valence-corrected chi connectivity index (χ1v) is 20.7. The summed E-state index contributed by atoms with van der Waals surface area (Å²) in [6, 6.07) is 0. The summed E-state index contributed by atoms with van der Waals surface area (Å²) in [5.74, 6) is -196. The molecule has 0 rings (SSSR count). The first-order chi connectivity index (χ1) is 37.4. The molecule has 0 bridgehead atoms. The van der Waals surface area contributed by atoms with Gasteiger partial charge in [0.1, 0.15) is 0 Å². The zero-order valence-corrected chi connectivity index (χ0v) is 39.3. The second-order valence-corrected chi connectivity index (χ2v) is 18.1. The van der Waals surface area contributed by atoms with Gasteiger partial charge in [0.2, 0.25) is 0 Å². The van der Waals surface area contributed by atoms with Gasteiger partial charge >= 0.3 is 162 Å². The van der Waals surface area contributed by atoms with Crippen LogP contribution in [0.5, 0.6) is 0 Å². The molecule has 0 aromatic rings. The van der Waals surface area contributed by atoms with E-state index in [2.05, 4.69) is 9.05 Å². The van der Waals surface area contributed by atoms with Crippen LogP contribution >= 0.6 is 7.82 Å². The molecule has 0 aliphatic carbocycles. The Hall–Kier alpha value is -3.67. The zero-order chi connectivity index (χ0) is 73.7. The Morgan fingerprint density at radius 1 is 0.202 bits per heavy atom. The molecule has 0 aromatic carbocycles. The van der Waals surface area contributed by atoms with Crippen LogP contribution in [0.25, 0.3) is 0 Å². The Bertz CT molecular complexity index is 2340. The molecular formula is C30H9F54O4P. The van der Waals surface area contributed by atoms with E-state index in [1.54, 1.807) is 0 Å². The number of alkyl halides is 54. The molecule has 59 heteroatoms. The van der Waals surface area contributed by atoms with Gasteiger partial charge in [-0.05, 0) is 0 Å². The van der Waals surface area contributed by atoms with Crippen LogP contribution in [0.15, 0.2) is 0 Å². The van der Waals surface area contributed by atoms with E-state index in [9.17, 15) is 242 Å². The third kappa shape index (κ3) is 11.0. The summed E-state index contributed by atoms with van der Waals surface area (Å²) in [6.45, 7) is -7.23. The lowest BCUT2D eigenvalue weighted by atomic mass is 9.82. The normalized spacial score (nSPS) is 17.2. The Kier molecular flexibility index (Phi) is 20.8. The Labute approximate surface area is 445 Å². The maximum absolute atomic E-state index is 14.2. The number of phosphoric acid groups is 1. The van der Waals surface area contributed by atoms with Crippen molar-refractivity contribution in [1.29, 1.82) is 0 Å². The Balaban J connectivity index is 7.09. The average molecular weight is 1490 g/mol. The van der Waals surface area contributed by atoms with Crippen LogP contribution in [-0.2, 0) is 13.6 Å². The van der Waals surface area contributed by atoms with E-state index in [0.29, 0.717) is 0 Å². The SMILES string of the molecule is O=P(O)(OCCC(F)(F)C(F)(F)C(F)(F)C(F)(F)C(F)(F)C(F)(F)C(F)(F)C(F)(F)C(F)(F)C(F)(F)C(F)(C(F)(F)F)C(F)(F)F)OCCC(F)(F)C(F)(F)C(F)(F)C(F)(F)C(F)(F)C(F)(F)C(F)(F)C(F)(F)C(F)(F)C(F)(F)C(F)(C(F)(F)F)C(F)(F)F. The van der Waals surface area contributed by atoms with Gasteiger partial charge in [0.15, 0.2) is 0 Å². The molecule has 0 aliphatic heterocycles. The fraction of sp³-hybridized carbons (Fsp3) is 1.00. The summed E-state index contributed by atoms with van der Waals surface area (Å²) in [7, 11) is -7.49. The molecule has 0 aliphatic rings. The number of rotatable bonds is 28. The molecule has 0 saturated heterocycles. The molecule has 0 aromatic heterocycles. The van der Waals surface area contributed by atoms with Crippen LogP contribution in [0.3, 0.4) is 0 Å². The Morgan fingerprint density at radius 2 is 0.315 bits per heavy atom. The standard InChI is InChI=1S/C30H9F54O4P/c31-5(32,9(37,38)13(45,46)17(53,54)21(61,62)25(69,70)23(65,66)19(57,58)15(49,50)11(41,42)7(35,27(73,74)75)28(76,77)78)1-3-87-89(85,86)88-4-2-6(33,34)10(39,40)14(47,48)18(55,56)22(63,64)26(71,72)24(67,68)20(59,60)16(51,52)12(43,44)8(36,29(79,80)81)30(82,83)84/h1-4H2,(H,85,86). The minimum atomic E-state index is -10.3. The zero-order valence-electron chi connectivity index (χ0n) is 38.4. The molecule has 89 heavy (non-hydrogen) atoms. The van der Waals surface area contributed by atoms with Crippen molar-refractivity contribution in [2.75, 3.05) is 13.2 Å². The summed E-state index contributed by atoms with van der Waals surface area (Å²) in [5, 5.41) is 0. The van der Waals surface area contributed by atoms with Gasteiger partial charge in [-0.1, -0.05) is 0 Å². The molecule has 536 valence electrons. The molecule has 0 spiro atoms. The molecule has 0 heterocycles. The third-order valence-electron chi connectivity index (χ3n) is 11.0. The minimum Gasteiger partial charge on any atom is -0.302 e. The van der Waals surface area contributed by atoms with Crippen LogP contribution in [0.4, 0.5) is 237 Å². The molecule has 1 N–H and O–H groups in total. The van der Waals surface area contributed by atoms with Gasteiger partial charge in [-0.25, -0.2) is 13.3 Å². The van der Waals surface area contributed by atoms with Crippen LogP contribution in [-0.4, -0.2) is 173 Å². The van der Waals surface area contributed by atoms with E-state index in [0.717, 1.165) is 0 Å². The quantitative estimate of drug-likeness (QED) is 0.0627. The highest BCUT2D eigenvalue weighted by Crippen LogP contribution is 2.72. The van der Waals surface area contributed by atoms with Crippen molar-refractivity contribution in [3.05, 3.63) is 0 Å². The number of hydrogen-bond donors (Lipinski definition) is 1. The smallest absolute Gasteiger partial charge is 0.302 e. The summed E-state index contributed by atoms with van der Waals surface area (Å²) < 4.78 is 756. The highest BCUT2D eigenvalue weighted by atomic mass is 31.2. The van der Waals surface area contributed by atoms with E-state index in [-0.39, 0.29) is 0 Å². The van der Waals surface area contributed by atoms with E-state index in [1.165, 1.54) is 0 Å². The van der Waals surface area contributed by atoms with E-state index >= 15 is 0 Å². The fourth-order valence-corrected chi connectivity index (χ4v) is 6.33. The first kappa shape index (κ1) is 85.3. The maximum atomic E-state index is 14.2. The van der Waals surface area contributed by atoms with Gasteiger partial charge in [-0.2, -0.15) is 228 Å². The minimum absolute atomic E-state index is 2.79. The molecule has 0 saturated carbocycles. The predicted molar refractivity (Wildman–Crippen MR) is 162 cm³/mol. The highest BCUT2D eigenvalue weighted by molar-refractivity contribution is 7.47. The van der Waals surface area contributed by atoms with Gasteiger partial charge in [0.25, 0.3) is 0 Å². The molecule has 4 nitrogen and oxygen atoms in total. The topological polar surface area (TPSA) is 55.8 Å². The summed E-state index contributed by atoms with van der Waals surface area (Å²) in [6.07, 6.45) is -44.4. The van der Waals surface area contributed by atoms with Crippen molar-refractivity contribution >= 4 is 7.82 Å². The fourth-order valence-electron chi connectivity index (χ4n) is 5.62. The van der Waals surface area contributed by atoms with Crippen LogP contribution in [0.2, 0.25) is 0 Å². The molecule has 0 unspecified atom stereocenters. The lowest BCUT2D eigenvalue weighted by Crippen LogP contribution is -2.79. The van der Waals surface area contributed by atoms with Crippen molar-refractivity contribution in [2.24, 2.45) is 0 Å². The monoisotopic (exact) mass is 1490 g/mol. The van der Waals surface area contributed by atoms with E-state index < -0.39 is 188 Å². The van der Waals surface area contributed by atoms with Gasteiger partial charge in [0, 0.05) is 12.8 Å². The lowest BCUT2D eigenvalue weighted by Gasteiger charge is -2.46. The molecule has 0 atom stereocenters. The van der Waals surface area contributed by atoms with Crippen molar-refractivity contribution in [1.82, 2.24) is 0 Å². The summed E-state index contributed by atoms with van der Waals surface area (Å²) in [5.41, 5.74) is -19.1. The van der Waals surface area contributed by atoms with E-state index in [4.69, 9.17) is 4.89 Å². The van der Waals surface area contributed by atoms with Gasteiger partial charge < -0.3 is 4.89 Å². The van der Waals surface area contributed by atoms with Gasteiger partial charge in [0.05, 0.1) is 13.2 Å². The molecule has 0 fully saturated rings. The van der Waals surface area contributed by atoms with Crippen LogP contribution in [0.1, 0.15) is 12.8 Å². The summed E-state index contributed by atoms with van der Waals surface area (Å²) >= 11 is 0. The number of phosphoric ester groups is 1. The molecule has 0 radical (unpaired) electrons. The van der Waals surface area contributed by atoms with Crippen molar-refractivity contribution in [3.8, 4) is 0 Å². The van der Waals surface area contributed by atoms with Gasteiger partial charge in [-0.15, -0.1) is 0 Å². The second-order valence-electron chi connectivity index (χ2n) is 16.7. The first-order valence-electron chi connectivity index (χ1n) is 19.2. The molecule has 0 amide bonds. The number of hydrogen-bond acceptors (Lipinski definition) is 3. The largest absolute Gasteiger partial charge is 0.472 e. The van der Waals surface area contributed by atoms with Crippen molar-refractivity contribution < 1.29 is 256 Å². The van der Waals surface area contributed by atoms with Crippen molar-refractivity contribution in [3.63, 3.8) is 0 Å². The lowest BCUT2D eigenvalue weighted by molar-refractivity contribution is -0.487. The predicted octanol–water partition coefficient (Wildman–Crippen LogP) is 18.3. The summed E-state index contributed by atoms with van der Waals surface area (Å²) in [4.78, 5) is 9.05. The van der Waals surface area contributed by atoms with Gasteiger partial charge in [-0.3, -0.25) is 9.05 Å². The van der Waals surface area contributed by atoms with Crippen LogP contribution < -0.4 is 0 Å². The molecular weight excluding hydrogens is 1480 g/mol. The highest BCUT2D eigenvalue weighted by Gasteiger charge is 3.04. The van der Waals surface area contributed by atoms with E-state index in [1.807, 2.05) is 0 Å². The Morgan fingerprint density at radius 3 is 0.438 bits per heavy atom. The average Bonchev–Trinajstić information content (AvgIpc) is 3.27. The third-order valence-corrected chi connectivity index (χ3v) is 12.0. The number of halogens is 54. The van der Waals surface area contributed by atoms with Crippen molar-refractivity contribution in [2.45, 2.75) is 167 Å². The van der Waals surface area contributed by atoms with Crippen LogP contribution in [0, 0.1) is 0 Å². The maximum Gasteiger partial charge on any atom is 0.472 e. The second kappa shape index (κ2) is 21.7.